The molecule has 0 aromatic rings. The zero-order valence-electron chi connectivity index (χ0n) is 10.9. The lowest BCUT2D eigenvalue weighted by atomic mass is 9.97. The molecule has 1 fully saturated rings. The zero-order chi connectivity index (χ0) is 13.1. The SMILES string of the molecule is ClC1C=CC(C(C2NC=CS2)N2CCNCC2)=CC1. The molecule has 3 rings (SSSR count). The van der Waals surface area contributed by atoms with Crippen molar-refractivity contribution in [3.05, 3.63) is 35.4 Å². The van der Waals surface area contributed by atoms with E-state index in [2.05, 4.69) is 45.4 Å². The van der Waals surface area contributed by atoms with Gasteiger partial charge < -0.3 is 10.6 Å². The number of hydrogen-bond donors (Lipinski definition) is 2. The van der Waals surface area contributed by atoms with Crippen LogP contribution in [0.4, 0.5) is 0 Å². The number of allylic oxidation sites excluding steroid dienone is 2. The summed E-state index contributed by atoms with van der Waals surface area (Å²) in [5.74, 6) is 0. The van der Waals surface area contributed by atoms with E-state index in [4.69, 9.17) is 11.6 Å². The summed E-state index contributed by atoms with van der Waals surface area (Å²) < 4.78 is 0. The predicted octanol–water partition coefficient (Wildman–Crippen LogP) is 1.89. The van der Waals surface area contributed by atoms with Crippen molar-refractivity contribution in [1.82, 2.24) is 15.5 Å². The smallest absolute Gasteiger partial charge is 0.0958 e. The molecule has 1 saturated heterocycles. The molecule has 0 saturated carbocycles. The van der Waals surface area contributed by atoms with E-state index < -0.39 is 0 Å². The second-order valence-corrected chi connectivity index (χ2v) is 6.68. The van der Waals surface area contributed by atoms with Gasteiger partial charge in [-0.1, -0.05) is 18.2 Å². The Balaban J connectivity index is 1.77. The minimum Gasteiger partial charge on any atom is -0.377 e. The van der Waals surface area contributed by atoms with E-state index in [1.54, 1.807) is 0 Å². The third-order valence-corrected chi connectivity index (χ3v) is 5.11. The summed E-state index contributed by atoms with van der Waals surface area (Å²) in [6.45, 7) is 4.38. The second-order valence-electron chi connectivity index (χ2n) is 5.07. The fraction of sp³-hybridized carbons (Fsp3) is 0.571. The molecule has 0 aromatic heterocycles. The van der Waals surface area contributed by atoms with Crippen molar-refractivity contribution in [2.24, 2.45) is 0 Å². The molecule has 3 atom stereocenters. The van der Waals surface area contributed by atoms with Crippen LogP contribution in [0.3, 0.4) is 0 Å². The van der Waals surface area contributed by atoms with Crippen LogP contribution in [0.5, 0.6) is 0 Å². The van der Waals surface area contributed by atoms with Crippen LogP contribution >= 0.6 is 23.4 Å². The van der Waals surface area contributed by atoms with E-state index in [1.165, 1.54) is 5.57 Å². The molecule has 0 radical (unpaired) electrons. The van der Waals surface area contributed by atoms with Crippen LogP contribution in [0.1, 0.15) is 6.42 Å². The van der Waals surface area contributed by atoms with Crippen molar-refractivity contribution in [2.75, 3.05) is 26.2 Å². The van der Waals surface area contributed by atoms with E-state index in [0.717, 1.165) is 32.6 Å². The van der Waals surface area contributed by atoms with Gasteiger partial charge in [0.05, 0.1) is 16.8 Å². The minimum absolute atomic E-state index is 0.162. The average Bonchev–Trinajstić information content (AvgIpc) is 2.96. The lowest BCUT2D eigenvalue weighted by molar-refractivity contribution is 0.189. The summed E-state index contributed by atoms with van der Waals surface area (Å²) in [6, 6.07) is 0.433. The Bertz CT molecular complexity index is 393. The van der Waals surface area contributed by atoms with Gasteiger partial charge in [0.2, 0.25) is 0 Å². The third-order valence-electron chi connectivity index (χ3n) is 3.80. The molecule has 2 N–H and O–H groups in total. The summed E-state index contributed by atoms with van der Waals surface area (Å²) in [7, 11) is 0. The Kier molecular flexibility index (Phi) is 4.53. The number of halogens is 1. The molecule has 5 heteroatoms. The zero-order valence-corrected chi connectivity index (χ0v) is 12.5. The van der Waals surface area contributed by atoms with Gasteiger partial charge in [0.25, 0.3) is 0 Å². The summed E-state index contributed by atoms with van der Waals surface area (Å²) in [5, 5.41) is 9.63. The lowest BCUT2D eigenvalue weighted by Gasteiger charge is -2.39. The molecule has 3 aliphatic rings. The monoisotopic (exact) mass is 297 g/mol. The molecular weight excluding hydrogens is 278 g/mol. The van der Waals surface area contributed by atoms with Gasteiger partial charge in [-0.3, -0.25) is 4.90 Å². The van der Waals surface area contributed by atoms with Gasteiger partial charge in [0.1, 0.15) is 0 Å². The summed E-state index contributed by atoms with van der Waals surface area (Å²) in [6.07, 6.45) is 9.65. The first-order valence-corrected chi connectivity index (χ1v) is 8.26. The van der Waals surface area contributed by atoms with Gasteiger partial charge >= 0.3 is 0 Å². The quantitative estimate of drug-likeness (QED) is 0.778. The van der Waals surface area contributed by atoms with Crippen LogP contribution in [0.2, 0.25) is 0 Å². The van der Waals surface area contributed by atoms with E-state index in [1.807, 2.05) is 11.8 Å². The van der Waals surface area contributed by atoms with Crippen LogP contribution in [0.25, 0.3) is 0 Å². The number of rotatable bonds is 3. The molecule has 3 unspecified atom stereocenters. The highest BCUT2D eigenvalue weighted by atomic mass is 35.5. The Labute approximate surface area is 124 Å². The van der Waals surface area contributed by atoms with Gasteiger partial charge in [-0.25, -0.2) is 0 Å². The van der Waals surface area contributed by atoms with Crippen LogP contribution in [0.15, 0.2) is 35.4 Å². The maximum absolute atomic E-state index is 6.14. The minimum atomic E-state index is 0.162. The first kappa shape index (κ1) is 13.6. The van der Waals surface area contributed by atoms with E-state index in [9.17, 15) is 0 Å². The highest BCUT2D eigenvalue weighted by molar-refractivity contribution is 8.03. The molecule has 3 nitrogen and oxygen atoms in total. The molecule has 19 heavy (non-hydrogen) atoms. The van der Waals surface area contributed by atoms with E-state index in [-0.39, 0.29) is 5.38 Å². The molecule has 2 heterocycles. The van der Waals surface area contributed by atoms with Crippen molar-refractivity contribution < 1.29 is 0 Å². The van der Waals surface area contributed by atoms with Crippen LogP contribution in [-0.4, -0.2) is 47.9 Å². The molecule has 0 amide bonds. The lowest BCUT2D eigenvalue weighted by Crippen LogP contribution is -2.54. The number of nitrogens with zero attached hydrogens (tertiary/aromatic N) is 1. The van der Waals surface area contributed by atoms with Crippen LogP contribution in [-0.2, 0) is 0 Å². The Morgan fingerprint density at radius 1 is 1.37 bits per heavy atom. The van der Waals surface area contributed by atoms with Crippen molar-refractivity contribution in [3.63, 3.8) is 0 Å². The Hall–Kier alpha value is -0.420. The highest BCUT2D eigenvalue weighted by Gasteiger charge is 2.32. The van der Waals surface area contributed by atoms with Crippen molar-refractivity contribution in [3.8, 4) is 0 Å². The second kappa shape index (κ2) is 6.35. The first-order valence-electron chi connectivity index (χ1n) is 6.88. The number of thioether (sulfide) groups is 1. The molecule has 104 valence electrons. The molecule has 0 spiro atoms. The van der Waals surface area contributed by atoms with Crippen LogP contribution in [0, 0.1) is 0 Å². The van der Waals surface area contributed by atoms with Gasteiger partial charge in [-0.15, -0.1) is 23.4 Å². The fourth-order valence-corrected chi connectivity index (χ4v) is 3.95. The predicted molar refractivity (Wildman–Crippen MR) is 83.4 cm³/mol. The van der Waals surface area contributed by atoms with Gasteiger partial charge in [-0.05, 0) is 17.4 Å². The molecule has 1 aliphatic carbocycles. The maximum atomic E-state index is 6.14. The Morgan fingerprint density at radius 3 is 2.84 bits per heavy atom. The van der Waals surface area contributed by atoms with Crippen molar-refractivity contribution in [2.45, 2.75) is 23.2 Å². The largest absolute Gasteiger partial charge is 0.377 e. The van der Waals surface area contributed by atoms with Gasteiger partial charge in [-0.2, -0.15) is 0 Å². The highest BCUT2D eigenvalue weighted by Crippen LogP contribution is 2.30. The number of alkyl halides is 1. The Morgan fingerprint density at radius 2 is 2.21 bits per heavy atom. The maximum Gasteiger partial charge on any atom is 0.0958 e. The molecular formula is C14H20ClN3S. The van der Waals surface area contributed by atoms with Crippen molar-refractivity contribution in [1.29, 1.82) is 0 Å². The van der Waals surface area contributed by atoms with Crippen molar-refractivity contribution >= 4 is 23.4 Å². The summed E-state index contributed by atoms with van der Waals surface area (Å²) >= 11 is 8.02. The molecule has 2 aliphatic heterocycles. The van der Waals surface area contributed by atoms with Gasteiger partial charge in [0.15, 0.2) is 0 Å². The average molecular weight is 298 g/mol. The number of nitrogens with one attached hydrogen (secondary N) is 2. The third kappa shape index (κ3) is 3.19. The standard InChI is InChI=1S/C14H20ClN3S/c15-12-3-1-11(2-4-12)13(14-17-7-10-19-14)18-8-5-16-6-9-18/h1-3,7,10,12-14,16-17H,4-6,8-9H2. The number of hydrogen-bond acceptors (Lipinski definition) is 4. The first-order chi connectivity index (χ1) is 9.34. The van der Waals surface area contributed by atoms with Gasteiger partial charge in [0, 0.05) is 32.4 Å². The van der Waals surface area contributed by atoms with Crippen LogP contribution < -0.4 is 10.6 Å². The molecule has 0 aromatic carbocycles. The normalized spacial score (nSPS) is 33.0. The molecule has 0 bridgehead atoms. The summed E-state index contributed by atoms with van der Waals surface area (Å²) in [5.41, 5.74) is 1.41. The van der Waals surface area contributed by atoms with E-state index in [0.29, 0.717) is 11.4 Å². The topological polar surface area (TPSA) is 27.3 Å². The number of piperazine rings is 1. The summed E-state index contributed by atoms with van der Waals surface area (Å²) in [4.78, 5) is 2.58. The van der Waals surface area contributed by atoms with E-state index >= 15 is 0 Å². The fourth-order valence-electron chi connectivity index (χ4n) is 2.83.